The molecule has 3 rings (SSSR count). The molecule has 0 aliphatic heterocycles. The van der Waals surface area contributed by atoms with Crippen molar-refractivity contribution in [2.45, 2.75) is 19.9 Å². The summed E-state index contributed by atoms with van der Waals surface area (Å²) in [5.74, 6) is 1.25. The minimum absolute atomic E-state index is 0.198. The van der Waals surface area contributed by atoms with Crippen LogP contribution in [0.25, 0.3) is 10.9 Å². The second-order valence-electron chi connectivity index (χ2n) is 6.42. The topological polar surface area (TPSA) is 61.7 Å². The maximum Gasteiger partial charge on any atom is 0.256 e. The molecule has 2 aromatic carbocycles. The van der Waals surface area contributed by atoms with Gasteiger partial charge >= 0.3 is 0 Å². The number of fused-ring (bicyclic) bond motifs is 1. The van der Waals surface area contributed by atoms with Crippen LogP contribution < -0.4 is 19.5 Å². The standard InChI is InChI=1S/C21H24N2O4/c1-13(2)23-10-9-15-16(7-6-8-17(15)23)21(24)22-14-11-18(25-3)20(27-5)19(12-14)26-4/h6-13H,1-5H3,(H,22,24). The number of nitrogens with zero attached hydrogens (tertiary/aromatic N) is 1. The second-order valence-corrected chi connectivity index (χ2v) is 6.42. The van der Waals surface area contributed by atoms with Crippen LogP contribution in [0.2, 0.25) is 0 Å². The number of hydrogen-bond donors (Lipinski definition) is 1. The molecule has 1 amide bonds. The van der Waals surface area contributed by atoms with Crippen LogP contribution in [0, 0.1) is 0 Å². The molecule has 27 heavy (non-hydrogen) atoms. The van der Waals surface area contributed by atoms with E-state index in [2.05, 4.69) is 23.7 Å². The Labute approximate surface area is 158 Å². The molecule has 0 unspecified atom stereocenters. The van der Waals surface area contributed by atoms with E-state index in [4.69, 9.17) is 14.2 Å². The van der Waals surface area contributed by atoms with E-state index in [1.807, 2.05) is 30.5 Å². The zero-order chi connectivity index (χ0) is 19.6. The van der Waals surface area contributed by atoms with E-state index in [-0.39, 0.29) is 5.91 Å². The highest BCUT2D eigenvalue weighted by Crippen LogP contribution is 2.40. The van der Waals surface area contributed by atoms with E-state index >= 15 is 0 Å². The van der Waals surface area contributed by atoms with E-state index in [1.165, 1.54) is 14.2 Å². The summed E-state index contributed by atoms with van der Waals surface area (Å²) in [7, 11) is 4.62. The fraction of sp³-hybridized carbons (Fsp3) is 0.286. The van der Waals surface area contributed by atoms with Gasteiger partial charge in [0, 0.05) is 46.5 Å². The Balaban J connectivity index is 1.98. The first kappa shape index (κ1) is 18.6. The molecule has 0 saturated heterocycles. The first-order valence-corrected chi connectivity index (χ1v) is 8.71. The Bertz CT molecular complexity index is 950. The molecule has 0 saturated carbocycles. The summed E-state index contributed by atoms with van der Waals surface area (Å²) < 4.78 is 18.2. The minimum Gasteiger partial charge on any atom is -0.493 e. The average molecular weight is 368 g/mol. The minimum atomic E-state index is -0.198. The number of amides is 1. The predicted octanol–water partition coefficient (Wildman–Crippen LogP) is 4.50. The molecule has 1 heterocycles. The van der Waals surface area contributed by atoms with Gasteiger partial charge in [-0.1, -0.05) is 6.07 Å². The van der Waals surface area contributed by atoms with Gasteiger partial charge in [-0.2, -0.15) is 0 Å². The van der Waals surface area contributed by atoms with Gasteiger partial charge in [-0.05, 0) is 32.0 Å². The van der Waals surface area contributed by atoms with Gasteiger partial charge < -0.3 is 24.1 Å². The first-order valence-electron chi connectivity index (χ1n) is 8.71. The number of aromatic nitrogens is 1. The van der Waals surface area contributed by atoms with Crippen LogP contribution in [-0.4, -0.2) is 31.8 Å². The normalized spacial score (nSPS) is 10.9. The van der Waals surface area contributed by atoms with Crippen molar-refractivity contribution in [1.82, 2.24) is 4.57 Å². The highest BCUT2D eigenvalue weighted by Gasteiger charge is 2.17. The Morgan fingerprint density at radius 3 is 2.22 bits per heavy atom. The molecule has 1 aromatic heterocycles. The van der Waals surface area contributed by atoms with Gasteiger partial charge in [0.1, 0.15) is 0 Å². The van der Waals surface area contributed by atoms with Crippen molar-refractivity contribution in [2.24, 2.45) is 0 Å². The number of nitrogens with one attached hydrogen (secondary N) is 1. The Hall–Kier alpha value is -3.15. The SMILES string of the molecule is COc1cc(NC(=O)c2cccc3c2ccn3C(C)C)cc(OC)c1OC. The first-order chi connectivity index (χ1) is 13.0. The molecule has 0 aliphatic rings. The number of carbonyl (C=O) groups is 1. The number of carbonyl (C=O) groups excluding carboxylic acids is 1. The molecule has 142 valence electrons. The van der Waals surface area contributed by atoms with Gasteiger partial charge in [0.25, 0.3) is 5.91 Å². The Kier molecular flexibility index (Phi) is 5.26. The molecule has 1 N–H and O–H groups in total. The molecule has 6 nitrogen and oxygen atoms in total. The van der Waals surface area contributed by atoms with Gasteiger partial charge in [0.05, 0.1) is 21.3 Å². The van der Waals surface area contributed by atoms with E-state index in [0.29, 0.717) is 34.5 Å². The van der Waals surface area contributed by atoms with Crippen molar-refractivity contribution in [2.75, 3.05) is 26.6 Å². The number of anilines is 1. The summed E-state index contributed by atoms with van der Waals surface area (Å²) in [6.45, 7) is 4.23. The summed E-state index contributed by atoms with van der Waals surface area (Å²) in [4.78, 5) is 12.9. The largest absolute Gasteiger partial charge is 0.493 e. The van der Waals surface area contributed by atoms with Crippen molar-refractivity contribution >= 4 is 22.5 Å². The third-order valence-electron chi connectivity index (χ3n) is 4.49. The van der Waals surface area contributed by atoms with E-state index in [9.17, 15) is 4.79 Å². The molecular weight excluding hydrogens is 344 g/mol. The van der Waals surface area contributed by atoms with Crippen LogP contribution in [0.3, 0.4) is 0 Å². The fourth-order valence-electron chi connectivity index (χ4n) is 3.19. The van der Waals surface area contributed by atoms with Crippen molar-refractivity contribution in [1.29, 1.82) is 0 Å². The van der Waals surface area contributed by atoms with Crippen LogP contribution in [0.15, 0.2) is 42.6 Å². The van der Waals surface area contributed by atoms with E-state index in [1.54, 1.807) is 19.2 Å². The summed E-state index contributed by atoms with van der Waals surface area (Å²) in [5, 5.41) is 3.84. The Morgan fingerprint density at radius 1 is 1.00 bits per heavy atom. The quantitative estimate of drug-likeness (QED) is 0.696. The van der Waals surface area contributed by atoms with Crippen LogP contribution >= 0.6 is 0 Å². The summed E-state index contributed by atoms with van der Waals surface area (Å²) in [5.41, 5.74) is 2.21. The molecular formula is C21H24N2O4. The number of methoxy groups -OCH3 is 3. The molecule has 0 aliphatic carbocycles. The van der Waals surface area contributed by atoms with Crippen LogP contribution in [-0.2, 0) is 0 Å². The molecule has 0 spiro atoms. The van der Waals surface area contributed by atoms with E-state index < -0.39 is 0 Å². The lowest BCUT2D eigenvalue weighted by molar-refractivity contribution is 0.102. The van der Waals surface area contributed by atoms with Crippen LogP contribution in [0.4, 0.5) is 5.69 Å². The molecule has 0 radical (unpaired) electrons. The maximum absolute atomic E-state index is 12.9. The smallest absolute Gasteiger partial charge is 0.256 e. The lowest BCUT2D eigenvalue weighted by Gasteiger charge is -2.15. The van der Waals surface area contributed by atoms with Gasteiger partial charge in [-0.15, -0.1) is 0 Å². The van der Waals surface area contributed by atoms with Gasteiger partial charge in [-0.25, -0.2) is 0 Å². The maximum atomic E-state index is 12.9. The molecule has 0 atom stereocenters. The van der Waals surface area contributed by atoms with Crippen molar-refractivity contribution in [3.63, 3.8) is 0 Å². The zero-order valence-corrected chi connectivity index (χ0v) is 16.2. The lowest BCUT2D eigenvalue weighted by Crippen LogP contribution is -2.12. The van der Waals surface area contributed by atoms with Crippen LogP contribution in [0.5, 0.6) is 17.2 Å². The molecule has 0 bridgehead atoms. The molecule has 3 aromatic rings. The van der Waals surface area contributed by atoms with E-state index in [0.717, 1.165) is 10.9 Å². The van der Waals surface area contributed by atoms with Gasteiger partial charge in [0.15, 0.2) is 11.5 Å². The Morgan fingerprint density at radius 2 is 1.67 bits per heavy atom. The third kappa shape index (κ3) is 3.43. The third-order valence-corrected chi connectivity index (χ3v) is 4.49. The number of hydrogen-bond acceptors (Lipinski definition) is 4. The van der Waals surface area contributed by atoms with Gasteiger partial charge in [0.2, 0.25) is 5.75 Å². The van der Waals surface area contributed by atoms with Crippen molar-refractivity contribution in [3.8, 4) is 17.2 Å². The number of rotatable bonds is 6. The fourth-order valence-corrected chi connectivity index (χ4v) is 3.19. The monoisotopic (exact) mass is 368 g/mol. The van der Waals surface area contributed by atoms with Gasteiger partial charge in [-0.3, -0.25) is 4.79 Å². The number of benzene rings is 2. The van der Waals surface area contributed by atoms with Crippen molar-refractivity contribution < 1.29 is 19.0 Å². The summed E-state index contributed by atoms with van der Waals surface area (Å²) in [6, 6.07) is 11.4. The number of ether oxygens (including phenoxy) is 3. The lowest BCUT2D eigenvalue weighted by atomic mass is 10.1. The predicted molar refractivity (Wildman–Crippen MR) is 106 cm³/mol. The molecule has 6 heteroatoms. The summed E-state index contributed by atoms with van der Waals surface area (Å²) in [6.07, 6.45) is 2.01. The van der Waals surface area contributed by atoms with Crippen molar-refractivity contribution in [3.05, 3.63) is 48.2 Å². The summed E-state index contributed by atoms with van der Waals surface area (Å²) >= 11 is 0. The average Bonchev–Trinajstić information content (AvgIpc) is 3.11. The zero-order valence-electron chi connectivity index (χ0n) is 16.2. The second kappa shape index (κ2) is 7.61. The highest BCUT2D eigenvalue weighted by atomic mass is 16.5. The van der Waals surface area contributed by atoms with Crippen LogP contribution in [0.1, 0.15) is 30.2 Å². The highest BCUT2D eigenvalue weighted by molar-refractivity contribution is 6.12. The molecule has 0 fully saturated rings.